The van der Waals surface area contributed by atoms with Crippen LogP contribution < -0.4 is 8.37 Å². The van der Waals surface area contributed by atoms with Crippen LogP contribution in [0.5, 0.6) is 11.5 Å². The zero-order chi connectivity index (χ0) is 108. The summed E-state index contributed by atoms with van der Waals surface area (Å²) in [5.74, 6) is -13.4. The molecule has 51 heteroatoms. The van der Waals surface area contributed by atoms with Gasteiger partial charge in [0.25, 0.3) is 10.1 Å². The molecular weight excluding hydrogens is 2090 g/mol. The fourth-order valence-electron chi connectivity index (χ4n) is 26.0. The SMILES string of the molecule is CC(C)c1cccc(C(C)C)c1CC(=O)C(F)(F)S(=O)(=O)O.CC(C)c1cccc(C(C)C)c1OS(=O)(=O)C(F)(F)C(F)(F)C(F)(F)S(=O)(=O)O.CC(OC(=O)C12CC3CC(CC(C3)C1)C2)C(F)(F)S(=O)(=O)O.O=C(OCC12CC3CC(CC(C3)C1)C2)c1cc(C(=O)OCC23CC4CC(CC(C4)C2)C3)cc(S(=O)(=O)O)c1.O=S(=O)(O)C(F)(F)C(F)(F)C(F)(F)S(=O)(=O)Oc1ccc(C23CC4CC(CC(C4)C2)C3)cc1. The van der Waals surface area contributed by atoms with E-state index in [0.29, 0.717) is 84.7 Å². The summed E-state index contributed by atoms with van der Waals surface area (Å²) in [6.07, 6.45) is 22.7. The van der Waals surface area contributed by atoms with Crippen LogP contribution in [0.15, 0.2) is 83.8 Å². The number of Topliss-reactive ketones (excluding diaryl/α,β-unsaturated/α-hetero) is 1. The highest BCUT2D eigenvalue weighted by atomic mass is 32.2. The van der Waals surface area contributed by atoms with Crippen LogP contribution in [0.4, 0.5) is 70.2 Å². The maximum absolute atomic E-state index is 14.0. The number of benzene rings is 4. The number of ether oxygens (including phenoxy) is 3. The molecule has 16 bridgehead atoms. The highest BCUT2D eigenvalue weighted by Gasteiger charge is 2.85. The zero-order valence-electron chi connectivity index (χ0n) is 79.4. The van der Waals surface area contributed by atoms with Gasteiger partial charge in [0.05, 0.1) is 34.7 Å². The molecule has 5 N–H and O–H groups in total. The Balaban J connectivity index is 0.000000163. The molecule has 20 rings (SSSR count). The van der Waals surface area contributed by atoms with Gasteiger partial charge in [0, 0.05) is 17.3 Å². The third kappa shape index (κ3) is 22.9. The number of esters is 3. The molecule has 0 amide bonds. The van der Waals surface area contributed by atoms with E-state index in [9.17, 15) is 153 Å². The Labute approximate surface area is 824 Å². The maximum atomic E-state index is 14.0. The predicted molar refractivity (Wildman–Crippen MR) is 483 cm³/mol. The molecule has 144 heavy (non-hydrogen) atoms. The van der Waals surface area contributed by atoms with Crippen molar-refractivity contribution in [3.8, 4) is 11.5 Å². The zero-order valence-corrected chi connectivity index (χ0v) is 85.2. The molecule has 4 aromatic rings. The van der Waals surface area contributed by atoms with Crippen molar-refractivity contribution >= 4 is 94.5 Å². The van der Waals surface area contributed by atoms with Crippen LogP contribution in [0.25, 0.3) is 0 Å². The number of carbonyl (C=O) groups excluding carboxylic acids is 4. The lowest BCUT2D eigenvalue weighted by molar-refractivity contribution is -0.247. The van der Waals surface area contributed by atoms with Gasteiger partial charge in [-0.15, -0.1) is 0 Å². The molecule has 0 radical (unpaired) electrons. The Morgan fingerprint density at radius 1 is 0.368 bits per heavy atom. The number of para-hydroxylation sites is 1. The van der Waals surface area contributed by atoms with Gasteiger partial charge in [0.2, 0.25) is 5.78 Å². The highest BCUT2D eigenvalue weighted by Crippen LogP contribution is 2.66. The summed E-state index contributed by atoms with van der Waals surface area (Å²) in [6, 6.07) is 17.5. The van der Waals surface area contributed by atoms with Crippen LogP contribution in [0.1, 0.15) is 294 Å². The lowest BCUT2D eigenvalue weighted by Crippen LogP contribution is -2.61. The van der Waals surface area contributed by atoms with E-state index in [1.807, 2.05) is 27.7 Å². The van der Waals surface area contributed by atoms with E-state index in [1.165, 1.54) is 103 Å². The van der Waals surface area contributed by atoms with Crippen LogP contribution in [-0.2, 0) is 106 Å². The van der Waals surface area contributed by atoms with Gasteiger partial charge in [-0.3, -0.25) is 32.4 Å². The Bertz CT molecular complexity index is 6110. The topological polar surface area (TPSA) is 455 Å². The summed E-state index contributed by atoms with van der Waals surface area (Å²) < 4.78 is 442. The smallest absolute Gasteiger partial charge is 0.450 e. The average molecular weight is 2210 g/mol. The van der Waals surface area contributed by atoms with Gasteiger partial charge in [-0.2, -0.15) is 129 Å². The highest BCUT2D eigenvalue weighted by molar-refractivity contribution is 7.89. The van der Waals surface area contributed by atoms with Gasteiger partial charge in [0.1, 0.15) is 11.5 Å². The lowest BCUT2D eigenvalue weighted by atomic mass is 9.48. The monoisotopic (exact) mass is 2210 g/mol. The minimum atomic E-state index is -7.10. The van der Waals surface area contributed by atoms with Gasteiger partial charge in [-0.05, 0) is 325 Å². The Kier molecular flexibility index (Phi) is 32.3. The summed E-state index contributed by atoms with van der Waals surface area (Å²) in [6.45, 7) is 14.8. The number of carbonyl (C=O) groups is 4. The van der Waals surface area contributed by atoms with Crippen molar-refractivity contribution in [3.63, 3.8) is 0 Å². The molecule has 16 aliphatic carbocycles. The second-order valence-corrected chi connectivity index (χ2v) is 53.8. The van der Waals surface area contributed by atoms with Gasteiger partial charge < -0.3 is 22.6 Å². The van der Waals surface area contributed by atoms with Crippen molar-refractivity contribution in [1.29, 1.82) is 0 Å². The number of rotatable bonds is 32. The fraction of sp³-hybridized carbons (Fsp3) is 0.699. The molecule has 0 heterocycles. The van der Waals surface area contributed by atoms with Gasteiger partial charge in [0.15, 0.2) is 6.10 Å². The molecule has 1 unspecified atom stereocenters. The first kappa shape index (κ1) is 116. The molecule has 810 valence electrons. The number of hydrogen-bond acceptors (Lipinski definition) is 23. The van der Waals surface area contributed by atoms with Crippen molar-refractivity contribution in [2.45, 2.75) is 306 Å². The molecule has 0 spiro atoms. The van der Waals surface area contributed by atoms with E-state index in [-0.39, 0.29) is 50.3 Å². The van der Waals surface area contributed by atoms with E-state index in [1.54, 1.807) is 18.2 Å². The Hall–Kier alpha value is -7.11. The van der Waals surface area contributed by atoms with Gasteiger partial charge in [-0.25, -0.2) is 9.59 Å². The van der Waals surface area contributed by atoms with Crippen molar-refractivity contribution in [2.75, 3.05) is 13.2 Å². The van der Waals surface area contributed by atoms with Crippen molar-refractivity contribution in [3.05, 3.63) is 123 Å². The number of hydrogen-bond donors (Lipinski definition) is 5. The minimum absolute atomic E-state index is 0.000399. The maximum Gasteiger partial charge on any atom is 0.450 e. The first-order valence-electron chi connectivity index (χ1n) is 47.0. The quantitative estimate of drug-likeness (QED) is 0.00996. The summed E-state index contributed by atoms with van der Waals surface area (Å²) in [4.78, 5) is 49.9. The lowest BCUT2D eigenvalue weighted by Gasteiger charge is -2.57. The van der Waals surface area contributed by atoms with Crippen LogP contribution in [0.3, 0.4) is 0 Å². The van der Waals surface area contributed by atoms with E-state index in [0.717, 1.165) is 169 Å². The molecule has 0 aliphatic heterocycles. The molecule has 0 aromatic heterocycles. The molecule has 28 nitrogen and oxygen atoms in total. The third-order valence-electron chi connectivity index (χ3n) is 31.0. The first-order valence-corrected chi connectivity index (χ1v) is 57.0. The Morgan fingerprint density at radius 2 is 0.667 bits per heavy atom. The minimum Gasteiger partial charge on any atom is -0.462 e. The van der Waals surface area contributed by atoms with Crippen molar-refractivity contribution < 1.29 is 194 Å². The van der Waals surface area contributed by atoms with E-state index in [2.05, 4.69) is 8.37 Å². The van der Waals surface area contributed by atoms with E-state index >= 15 is 0 Å². The number of alkyl halides is 16. The fourth-order valence-corrected chi connectivity index (χ4v) is 30.3. The van der Waals surface area contributed by atoms with Crippen LogP contribution >= 0.6 is 0 Å². The average Bonchev–Trinajstić information content (AvgIpc) is 0.716. The molecule has 0 saturated heterocycles. The molecule has 16 saturated carbocycles. The van der Waals surface area contributed by atoms with E-state index in [4.69, 9.17) is 32.4 Å². The van der Waals surface area contributed by atoms with Gasteiger partial charge >= 0.3 is 122 Å². The molecule has 4 aromatic carbocycles. The second-order valence-electron chi connectivity index (χ2n) is 43.3. The summed E-state index contributed by atoms with van der Waals surface area (Å²) in [5.41, 5.74) is 1.70. The number of halogens is 16. The largest absolute Gasteiger partial charge is 0.462 e. The predicted octanol–water partition coefficient (Wildman–Crippen LogP) is 20.7. The van der Waals surface area contributed by atoms with Crippen LogP contribution in [0, 0.1) is 87.3 Å². The first-order chi connectivity index (χ1) is 65.6. The van der Waals surface area contributed by atoms with Crippen LogP contribution in [-0.4, -0.2) is 168 Å². The molecule has 1 atom stereocenters. The van der Waals surface area contributed by atoms with E-state index < -0.39 is 184 Å². The van der Waals surface area contributed by atoms with Crippen molar-refractivity contribution in [1.82, 2.24) is 0 Å². The number of ketones is 1. The van der Waals surface area contributed by atoms with Crippen LogP contribution in [0.2, 0.25) is 0 Å². The normalized spacial score (nSPS) is 28.5. The van der Waals surface area contributed by atoms with Gasteiger partial charge in [-0.1, -0.05) is 104 Å². The standard InChI is InChI=1S/C30H38O7S.C19H20F6O6S2.C15H18F6O6S2.C15H20F2O4S.C14H20F2O5S/c31-27(36-16-29-10-18-1-19(11-29)3-20(2-18)12-29)24-7-25(9-26(8-24)38(33,34)35)28(32)37-17-30-13-21-4-22(14-30)6-23(5-21)15-30;20-17(21,18(22,23)32(26,27)28)19(24,25)33(29,30)31-15-3-1-14(2-4-15)16-8-11-5-12(9-16)7-13(6-11)10-16;1-8(2)10-6-5-7-11(9(3)4)12(10)27-29(25,26)15(20,21)13(16,17)14(18,19)28(22,23)24;1-9(2)11-6-5-7-12(10(3)4)13(11)8-14(18)15(16,17)22(19,20)21;1-8(14(15,16)22(18,19)20)21-12(17)13-5-9-2-10(6-13)4-11(3-9)7-13/h7-9,18-23H,1-6,10-17H2,(H,33,34,35);1-4,11-13H,5-10H2,(H,26,27,28);5-9H,1-4H3,(H,22,23,24);5-7,9-10H,8H2,1-4H3,(H,19,20,21);8-11H,2-7H2,1H3,(H,18,19,20). The third-order valence-corrected chi connectivity index (χ3v) is 38.1. The summed E-state index contributed by atoms with van der Waals surface area (Å²) in [7, 11) is -43.9. The molecule has 16 aliphatic rings. The summed E-state index contributed by atoms with van der Waals surface area (Å²) >= 11 is 0. The summed E-state index contributed by atoms with van der Waals surface area (Å²) in [5, 5.41) is -36.3. The Morgan fingerprint density at radius 3 is 0.958 bits per heavy atom. The van der Waals surface area contributed by atoms with Crippen molar-refractivity contribution in [2.24, 2.45) is 87.3 Å². The molecular formula is C93H116F16O28S7. The molecule has 16 fully saturated rings. The second kappa shape index (κ2) is 40.2.